The number of benzene rings is 2. The Labute approximate surface area is 164 Å². The molecule has 1 fully saturated rings. The number of halogens is 2. The van der Waals surface area contributed by atoms with Crippen LogP contribution in [-0.2, 0) is 11.3 Å². The highest BCUT2D eigenvalue weighted by Gasteiger charge is 2.25. The minimum atomic E-state index is -2.41. The van der Waals surface area contributed by atoms with Gasteiger partial charge in [0.15, 0.2) is 0 Å². The summed E-state index contributed by atoms with van der Waals surface area (Å²) in [5, 5.41) is 0. The number of rotatable bonds is 5. The molecule has 9 heteroatoms. The average Bonchev–Trinajstić information content (AvgIpc) is 2.66. The van der Waals surface area contributed by atoms with Crippen LogP contribution in [0.4, 0.5) is 14.5 Å². The lowest BCUT2D eigenvalue weighted by Gasteiger charge is -2.38. The molecule has 1 heterocycles. The summed E-state index contributed by atoms with van der Waals surface area (Å²) in [7, 11) is 0. The van der Waals surface area contributed by atoms with Gasteiger partial charge in [-0.2, -0.15) is 0 Å². The maximum atomic E-state index is 13.5. The summed E-state index contributed by atoms with van der Waals surface area (Å²) in [5.74, 6) is -1.34. The maximum Gasteiger partial charge on any atom is 0.253 e. The van der Waals surface area contributed by atoms with E-state index >= 15 is 0 Å². The van der Waals surface area contributed by atoms with Crippen molar-refractivity contribution in [2.24, 2.45) is 0 Å². The molecular weight excluding hydrogens is 388 g/mol. The number of nitrogens with one attached hydrogen (secondary N) is 1. The molecule has 6 nitrogen and oxygen atoms in total. The van der Waals surface area contributed by atoms with Gasteiger partial charge in [0, 0.05) is 60.8 Å². The molecule has 0 aliphatic carbocycles. The molecule has 0 bridgehead atoms. The first-order valence-corrected chi connectivity index (χ1v) is 9.86. The van der Waals surface area contributed by atoms with Gasteiger partial charge in [-0.25, -0.2) is 8.78 Å². The highest BCUT2D eigenvalue weighted by molar-refractivity contribution is 7.80. The number of hydrogen-bond donors (Lipinski definition) is 1. The van der Waals surface area contributed by atoms with Crippen LogP contribution in [0.1, 0.15) is 28.9 Å². The van der Waals surface area contributed by atoms with Crippen LogP contribution in [0.15, 0.2) is 42.5 Å². The summed E-state index contributed by atoms with van der Waals surface area (Å²) in [6.45, 7) is 4.04. The van der Waals surface area contributed by atoms with Crippen molar-refractivity contribution in [2.45, 2.75) is 13.0 Å². The van der Waals surface area contributed by atoms with E-state index in [-0.39, 0.29) is 11.9 Å². The number of hydrogen-bond acceptors (Lipinski definition) is 4. The van der Waals surface area contributed by atoms with Crippen molar-refractivity contribution in [1.82, 2.24) is 9.80 Å². The first-order valence-electron chi connectivity index (χ1n) is 8.79. The Morgan fingerprint density at radius 2 is 1.64 bits per heavy atom. The highest BCUT2D eigenvalue weighted by atomic mass is 32.2. The molecule has 1 saturated heterocycles. The smallest absolute Gasteiger partial charge is 0.253 e. The van der Waals surface area contributed by atoms with Crippen LogP contribution in [0, 0.1) is 11.6 Å². The van der Waals surface area contributed by atoms with Crippen LogP contribution in [0.25, 0.3) is 0 Å². The summed E-state index contributed by atoms with van der Waals surface area (Å²) in [4.78, 5) is 16.4. The first-order chi connectivity index (χ1) is 13.3. The topological polar surface area (TPSA) is 75.7 Å². The third-order valence-corrected chi connectivity index (χ3v) is 5.25. The van der Waals surface area contributed by atoms with E-state index in [9.17, 15) is 22.3 Å². The monoisotopic (exact) mass is 408 g/mol. The van der Waals surface area contributed by atoms with Crippen LogP contribution in [0.2, 0.25) is 0 Å². The molecule has 150 valence electrons. The fourth-order valence-electron chi connectivity index (χ4n) is 3.30. The second-order valence-corrected chi connectivity index (χ2v) is 7.29. The molecule has 28 heavy (non-hydrogen) atoms. The summed E-state index contributed by atoms with van der Waals surface area (Å²) in [6, 6.07) is 9.54. The maximum absolute atomic E-state index is 13.5. The minimum absolute atomic E-state index is 0.140. The Bertz CT molecular complexity index is 851. The van der Waals surface area contributed by atoms with Crippen LogP contribution in [0.3, 0.4) is 0 Å². The van der Waals surface area contributed by atoms with E-state index < -0.39 is 22.9 Å². The molecule has 2 unspecified atom stereocenters. The van der Waals surface area contributed by atoms with Crippen LogP contribution < -0.4 is 4.72 Å². The number of carbonyl (C=O) groups is 1. The molecule has 0 saturated carbocycles. The summed E-state index contributed by atoms with van der Waals surface area (Å²) in [5.41, 5.74) is 1.41. The van der Waals surface area contributed by atoms with Gasteiger partial charge in [-0.1, -0.05) is 0 Å². The summed E-state index contributed by atoms with van der Waals surface area (Å²) in [6.07, 6.45) is 0. The van der Waals surface area contributed by atoms with E-state index in [1.807, 2.05) is 6.92 Å². The summed E-state index contributed by atoms with van der Waals surface area (Å²) >= 11 is -2.41. The zero-order valence-electron chi connectivity index (χ0n) is 15.2. The molecule has 1 aliphatic heterocycles. The summed E-state index contributed by atoms with van der Waals surface area (Å²) < 4.78 is 50.4. The van der Waals surface area contributed by atoms with E-state index in [4.69, 9.17) is 0 Å². The van der Waals surface area contributed by atoms with Crippen molar-refractivity contribution in [3.63, 3.8) is 0 Å². The van der Waals surface area contributed by atoms with Gasteiger partial charge >= 0.3 is 0 Å². The average molecular weight is 408 g/mol. The third-order valence-electron chi connectivity index (χ3n) is 4.85. The minimum Gasteiger partial charge on any atom is -0.755 e. The zero-order chi connectivity index (χ0) is 20.3. The second kappa shape index (κ2) is 8.76. The van der Waals surface area contributed by atoms with Crippen LogP contribution >= 0.6 is 0 Å². The van der Waals surface area contributed by atoms with Crippen molar-refractivity contribution in [1.29, 1.82) is 0 Å². The van der Waals surface area contributed by atoms with Crippen molar-refractivity contribution in [3.05, 3.63) is 65.2 Å². The molecule has 0 radical (unpaired) electrons. The van der Waals surface area contributed by atoms with E-state index in [0.717, 1.165) is 6.07 Å². The van der Waals surface area contributed by atoms with Crippen LogP contribution in [-0.4, -0.2) is 50.6 Å². The molecule has 1 N–H and O–H groups in total. The van der Waals surface area contributed by atoms with Gasteiger partial charge in [-0.15, -0.1) is 0 Å². The Kier molecular flexibility index (Phi) is 6.38. The van der Waals surface area contributed by atoms with Crippen molar-refractivity contribution >= 4 is 22.9 Å². The van der Waals surface area contributed by atoms with E-state index in [0.29, 0.717) is 43.0 Å². The number of anilines is 1. The van der Waals surface area contributed by atoms with Gasteiger partial charge in [-0.05, 0) is 48.9 Å². The molecule has 3 rings (SSSR count). The lowest BCUT2D eigenvalue weighted by Crippen LogP contribution is -2.49. The van der Waals surface area contributed by atoms with Crippen molar-refractivity contribution in [3.8, 4) is 0 Å². The van der Waals surface area contributed by atoms with E-state index in [2.05, 4.69) is 9.62 Å². The molecule has 2 aromatic rings. The van der Waals surface area contributed by atoms with E-state index in [1.165, 1.54) is 24.3 Å². The third kappa shape index (κ3) is 4.92. The van der Waals surface area contributed by atoms with Gasteiger partial charge < -0.3 is 14.2 Å². The van der Waals surface area contributed by atoms with Gasteiger partial charge in [0.1, 0.15) is 11.6 Å². The molecule has 0 aromatic heterocycles. The van der Waals surface area contributed by atoms with Gasteiger partial charge in [-0.3, -0.25) is 13.9 Å². The molecule has 1 aliphatic rings. The number of nitrogens with zero attached hydrogens (tertiary/aromatic N) is 2. The molecular formula is C19H20F2N3O3S-. The zero-order valence-corrected chi connectivity index (χ0v) is 16.0. The fraction of sp³-hybridized carbons (Fsp3) is 0.316. The highest BCUT2D eigenvalue weighted by Crippen LogP contribution is 2.24. The molecule has 2 aromatic carbocycles. The van der Waals surface area contributed by atoms with Crippen molar-refractivity contribution < 1.29 is 22.3 Å². The Balaban J connectivity index is 1.60. The van der Waals surface area contributed by atoms with Gasteiger partial charge in [0.2, 0.25) is 0 Å². The number of piperazine rings is 1. The normalized spacial score (nSPS) is 17.2. The molecule has 0 spiro atoms. The second-order valence-electron chi connectivity index (χ2n) is 6.62. The standard InChI is InChI=1S/C19H21F2N3O3S/c1-13(15-10-16(20)12-17(21)11-15)23-6-8-24(9-7-23)19(25)14-2-4-18(5-3-14)22-28(26)27/h2-5,10-13,22H,6-9H2,1H3,(H,26,27)/p-1. The predicted octanol–water partition coefficient (Wildman–Crippen LogP) is 2.69. The Morgan fingerprint density at radius 3 is 2.18 bits per heavy atom. The molecule has 2 atom stereocenters. The SMILES string of the molecule is CC(c1cc(F)cc(F)c1)N1CCN(C(=O)c2ccc(NS(=O)[O-])cc2)CC1. The Hall–Kier alpha value is -2.36. The number of carbonyl (C=O) groups excluding carboxylic acids is 1. The first kappa shape index (κ1) is 20.4. The lowest BCUT2D eigenvalue weighted by atomic mass is 10.1. The quantitative estimate of drug-likeness (QED) is 0.772. The fourth-order valence-corrected chi connectivity index (χ4v) is 3.63. The van der Waals surface area contributed by atoms with Gasteiger partial charge in [0.05, 0.1) is 0 Å². The largest absolute Gasteiger partial charge is 0.755 e. The number of amides is 1. The van der Waals surface area contributed by atoms with Gasteiger partial charge in [0.25, 0.3) is 5.91 Å². The van der Waals surface area contributed by atoms with E-state index in [1.54, 1.807) is 17.0 Å². The lowest BCUT2D eigenvalue weighted by molar-refractivity contribution is 0.0582. The van der Waals surface area contributed by atoms with Crippen molar-refractivity contribution in [2.75, 3.05) is 30.9 Å². The predicted molar refractivity (Wildman–Crippen MR) is 101 cm³/mol. The van der Waals surface area contributed by atoms with Crippen LogP contribution in [0.5, 0.6) is 0 Å². The Morgan fingerprint density at radius 1 is 1.07 bits per heavy atom. The molecule has 1 amide bonds.